The Kier molecular flexibility index (Phi) is 6.84. The van der Waals surface area contributed by atoms with Crippen molar-refractivity contribution in [3.05, 3.63) is 23.4 Å². The molecule has 0 aliphatic carbocycles. The average molecular weight is 269 g/mol. The Morgan fingerprint density at radius 1 is 1.26 bits per heavy atom. The summed E-state index contributed by atoms with van der Waals surface area (Å²) < 4.78 is 15.5. The molecule has 6 heteroatoms. The first kappa shape index (κ1) is 15.4. The van der Waals surface area contributed by atoms with Crippen molar-refractivity contribution in [3.8, 4) is 5.88 Å². The van der Waals surface area contributed by atoms with E-state index in [1.807, 2.05) is 0 Å². The molecular weight excluding hydrogens is 250 g/mol. The van der Waals surface area contributed by atoms with Crippen molar-refractivity contribution in [2.45, 2.75) is 13.3 Å². The van der Waals surface area contributed by atoms with E-state index in [1.54, 1.807) is 20.1 Å². The first-order valence-electron chi connectivity index (χ1n) is 6.05. The number of aromatic nitrogens is 1. The van der Waals surface area contributed by atoms with Crippen molar-refractivity contribution in [2.75, 3.05) is 33.5 Å². The van der Waals surface area contributed by atoms with Gasteiger partial charge in [-0.25, -0.2) is 9.78 Å². The van der Waals surface area contributed by atoms with E-state index in [-0.39, 0.29) is 11.4 Å². The zero-order valence-electron chi connectivity index (χ0n) is 11.2. The highest BCUT2D eigenvalue weighted by molar-refractivity contribution is 5.90. The van der Waals surface area contributed by atoms with E-state index >= 15 is 0 Å². The SMILES string of the molecule is COCCOCCCOc1nc(C)ccc1C(=O)O. The van der Waals surface area contributed by atoms with Gasteiger partial charge in [-0.15, -0.1) is 0 Å². The van der Waals surface area contributed by atoms with Gasteiger partial charge in [0.15, 0.2) is 0 Å². The van der Waals surface area contributed by atoms with Crippen molar-refractivity contribution in [3.63, 3.8) is 0 Å². The average Bonchev–Trinajstić information content (AvgIpc) is 2.37. The summed E-state index contributed by atoms with van der Waals surface area (Å²) in [6.45, 7) is 3.79. The molecule has 1 heterocycles. The zero-order chi connectivity index (χ0) is 14.1. The number of carboxylic acid groups (broad SMARTS) is 1. The van der Waals surface area contributed by atoms with Crippen LogP contribution in [-0.4, -0.2) is 49.6 Å². The number of hydrogen-bond acceptors (Lipinski definition) is 5. The van der Waals surface area contributed by atoms with Gasteiger partial charge in [-0.3, -0.25) is 0 Å². The summed E-state index contributed by atoms with van der Waals surface area (Å²) in [4.78, 5) is 15.1. The Morgan fingerprint density at radius 2 is 2.05 bits per heavy atom. The minimum atomic E-state index is -1.04. The minimum absolute atomic E-state index is 0.0749. The normalized spacial score (nSPS) is 10.4. The zero-order valence-corrected chi connectivity index (χ0v) is 11.2. The highest BCUT2D eigenvalue weighted by Crippen LogP contribution is 2.16. The van der Waals surface area contributed by atoms with Crippen LogP contribution in [0.3, 0.4) is 0 Å². The summed E-state index contributed by atoms with van der Waals surface area (Å²) in [6, 6.07) is 3.14. The lowest BCUT2D eigenvalue weighted by Crippen LogP contribution is -2.10. The third-order valence-electron chi connectivity index (χ3n) is 2.33. The molecule has 0 saturated carbocycles. The van der Waals surface area contributed by atoms with Gasteiger partial charge in [0.2, 0.25) is 5.88 Å². The fraction of sp³-hybridized carbons (Fsp3) is 0.538. The van der Waals surface area contributed by atoms with E-state index in [1.165, 1.54) is 6.07 Å². The monoisotopic (exact) mass is 269 g/mol. The molecule has 0 spiro atoms. The largest absolute Gasteiger partial charge is 0.477 e. The first-order valence-corrected chi connectivity index (χ1v) is 6.05. The van der Waals surface area contributed by atoms with E-state index in [0.29, 0.717) is 32.8 Å². The maximum atomic E-state index is 11.0. The third-order valence-corrected chi connectivity index (χ3v) is 2.33. The van der Waals surface area contributed by atoms with Gasteiger partial charge in [0.05, 0.1) is 19.8 Å². The van der Waals surface area contributed by atoms with Crippen LogP contribution in [0.1, 0.15) is 22.5 Å². The minimum Gasteiger partial charge on any atom is -0.477 e. The van der Waals surface area contributed by atoms with Crippen molar-refractivity contribution in [2.24, 2.45) is 0 Å². The molecule has 0 unspecified atom stereocenters. The highest BCUT2D eigenvalue weighted by Gasteiger charge is 2.12. The van der Waals surface area contributed by atoms with Crippen LogP contribution in [0.5, 0.6) is 5.88 Å². The Morgan fingerprint density at radius 3 is 2.74 bits per heavy atom. The molecule has 0 fully saturated rings. The molecule has 1 aromatic rings. The molecule has 0 radical (unpaired) electrons. The predicted molar refractivity (Wildman–Crippen MR) is 68.7 cm³/mol. The number of pyridine rings is 1. The van der Waals surface area contributed by atoms with Crippen molar-refractivity contribution < 1.29 is 24.1 Å². The number of rotatable bonds is 9. The van der Waals surface area contributed by atoms with Crippen molar-refractivity contribution >= 4 is 5.97 Å². The number of methoxy groups -OCH3 is 1. The van der Waals surface area contributed by atoms with Gasteiger partial charge in [0.25, 0.3) is 0 Å². The maximum absolute atomic E-state index is 11.0. The first-order chi connectivity index (χ1) is 9.15. The van der Waals surface area contributed by atoms with E-state index in [9.17, 15) is 4.79 Å². The number of hydrogen-bond donors (Lipinski definition) is 1. The number of carbonyl (C=O) groups is 1. The molecule has 1 rings (SSSR count). The molecule has 0 aromatic carbocycles. The predicted octanol–water partition coefficient (Wildman–Crippen LogP) is 1.52. The number of nitrogens with zero attached hydrogens (tertiary/aromatic N) is 1. The van der Waals surface area contributed by atoms with Crippen LogP contribution in [-0.2, 0) is 9.47 Å². The molecular formula is C13H19NO5. The Hall–Kier alpha value is -1.66. The van der Waals surface area contributed by atoms with Crippen LogP contribution < -0.4 is 4.74 Å². The number of aryl methyl sites for hydroxylation is 1. The number of aromatic carboxylic acids is 1. The number of ether oxygens (including phenoxy) is 3. The van der Waals surface area contributed by atoms with E-state index in [0.717, 1.165) is 5.69 Å². The lowest BCUT2D eigenvalue weighted by Gasteiger charge is -2.09. The molecule has 106 valence electrons. The molecule has 0 saturated heterocycles. The van der Waals surface area contributed by atoms with Gasteiger partial charge in [-0.2, -0.15) is 0 Å². The summed E-state index contributed by atoms with van der Waals surface area (Å²) in [7, 11) is 1.61. The lowest BCUT2D eigenvalue weighted by atomic mass is 10.2. The van der Waals surface area contributed by atoms with Gasteiger partial charge in [-0.1, -0.05) is 0 Å². The van der Waals surface area contributed by atoms with Crippen LogP contribution >= 0.6 is 0 Å². The fourth-order valence-corrected chi connectivity index (χ4v) is 1.38. The second-order valence-corrected chi connectivity index (χ2v) is 3.92. The Balaban J connectivity index is 2.36. The van der Waals surface area contributed by atoms with Crippen LogP contribution in [0.2, 0.25) is 0 Å². The summed E-state index contributed by atoms with van der Waals surface area (Å²) in [6.07, 6.45) is 0.665. The van der Waals surface area contributed by atoms with Gasteiger partial charge in [0, 0.05) is 25.8 Å². The second kappa shape index (κ2) is 8.44. The summed E-state index contributed by atoms with van der Waals surface area (Å²) in [5.41, 5.74) is 0.794. The van der Waals surface area contributed by atoms with E-state index < -0.39 is 5.97 Å². The molecule has 1 N–H and O–H groups in total. The Labute approximate surface area is 112 Å². The molecule has 0 aliphatic heterocycles. The summed E-state index contributed by atoms with van der Waals surface area (Å²) in [5.74, 6) is -0.886. The summed E-state index contributed by atoms with van der Waals surface area (Å²) in [5, 5.41) is 9.00. The third kappa shape index (κ3) is 5.67. The van der Waals surface area contributed by atoms with E-state index in [2.05, 4.69) is 4.98 Å². The van der Waals surface area contributed by atoms with Gasteiger partial charge < -0.3 is 19.3 Å². The molecule has 0 atom stereocenters. The van der Waals surface area contributed by atoms with E-state index in [4.69, 9.17) is 19.3 Å². The number of carboxylic acids is 1. The molecule has 6 nitrogen and oxygen atoms in total. The maximum Gasteiger partial charge on any atom is 0.341 e. The fourth-order valence-electron chi connectivity index (χ4n) is 1.38. The van der Waals surface area contributed by atoms with Crippen LogP contribution in [0.15, 0.2) is 12.1 Å². The molecule has 0 aliphatic rings. The standard InChI is InChI=1S/C13H19NO5/c1-10-4-5-11(13(15)16)12(14-10)19-7-3-6-18-9-8-17-2/h4-5H,3,6-9H2,1-2H3,(H,15,16). The van der Waals surface area contributed by atoms with Crippen LogP contribution in [0.4, 0.5) is 0 Å². The van der Waals surface area contributed by atoms with Crippen LogP contribution in [0.25, 0.3) is 0 Å². The molecule has 19 heavy (non-hydrogen) atoms. The molecule has 0 bridgehead atoms. The van der Waals surface area contributed by atoms with Gasteiger partial charge in [-0.05, 0) is 19.1 Å². The Bertz CT molecular complexity index is 408. The van der Waals surface area contributed by atoms with Gasteiger partial charge >= 0.3 is 5.97 Å². The van der Waals surface area contributed by atoms with Crippen molar-refractivity contribution in [1.82, 2.24) is 4.98 Å². The summed E-state index contributed by atoms with van der Waals surface area (Å²) >= 11 is 0. The van der Waals surface area contributed by atoms with Gasteiger partial charge in [0.1, 0.15) is 5.56 Å². The quantitative estimate of drug-likeness (QED) is 0.685. The topological polar surface area (TPSA) is 77.9 Å². The lowest BCUT2D eigenvalue weighted by molar-refractivity contribution is 0.0634. The second-order valence-electron chi connectivity index (χ2n) is 3.92. The molecule has 1 aromatic heterocycles. The van der Waals surface area contributed by atoms with Crippen LogP contribution in [0, 0.1) is 6.92 Å². The smallest absolute Gasteiger partial charge is 0.341 e. The van der Waals surface area contributed by atoms with Crippen molar-refractivity contribution in [1.29, 1.82) is 0 Å². The molecule has 0 amide bonds. The highest BCUT2D eigenvalue weighted by atomic mass is 16.5.